The minimum absolute atomic E-state index is 0.0181. The zero-order valence-electron chi connectivity index (χ0n) is 11.5. The zero-order chi connectivity index (χ0) is 15.2. The van der Waals surface area contributed by atoms with Crippen LogP contribution in [-0.2, 0) is 0 Å². The van der Waals surface area contributed by atoms with Crippen molar-refractivity contribution < 1.29 is 14.7 Å². The highest BCUT2D eigenvalue weighted by Crippen LogP contribution is 2.11. The Hall–Kier alpha value is -2.46. The summed E-state index contributed by atoms with van der Waals surface area (Å²) in [7, 11) is 0. The summed E-state index contributed by atoms with van der Waals surface area (Å²) in [6, 6.07) is 4.98. The van der Waals surface area contributed by atoms with Crippen molar-refractivity contribution in [2.24, 2.45) is 0 Å². The van der Waals surface area contributed by atoms with Gasteiger partial charge in [0.1, 0.15) is 5.69 Å². The molecule has 1 aliphatic rings. The minimum atomic E-state index is -1.15. The van der Waals surface area contributed by atoms with Crippen molar-refractivity contribution in [1.29, 1.82) is 5.26 Å². The van der Waals surface area contributed by atoms with Gasteiger partial charge in [-0.05, 0) is 12.1 Å². The first-order valence-electron chi connectivity index (χ1n) is 6.70. The number of amides is 1. The van der Waals surface area contributed by atoms with Crippen LogP contribution in [0.1, 0.15) is 27.3 Å². The standard InChI is InChI=1S/C14H16N4O3/c15-4-2-6-17-7-9-18(10-8-17)13(19)12-11(14(20)21)3-1-5-16-12/h1,3,5H,2,6-10H2,(H,20,21). The highest BCUT2D eigenvalue weighted by atomic mass is 16.4. The van der Waals surface area contributed by atoms with E-state index in [-0.39, 0.29) is 17.2 Å². The molecule has 2 rings (SSSR count). The van der Waals surface area contributed by atoms with E-state index in [1.165, 1.54) is 18.3 Å². The van der Waals surface area contributed by atoms with Gasteiger partial charge < -0.3 is 10.0 Å². The molecule has 7 heteroatoms. The number of aromatic nitrogens is 1. The molecule has 21 heavy (non-hydrogen) atoms. The number of carboxylic acids is 1. The molecule has 0 unspecified atom stereocenters. The van der Waals surface area contributed by atoms with Crippen molar-refractivity contribution in [2.45, 2.75) is 6.42 Å². The second-order valence-electron chi connectivity index (χ2n) is 4.75. The largest absolute Gasteiger partial charge is 0.478 e. The molecule has 0 bridgehead atoms. The third-order valence-electron chi connectivity index (χ3n) is 3.44. The molecule has 7 nitrogen and oxygen atoms in total. The van der Waals surface area contributed by atoms with Crippen LogP contribution >= 0.6 is 0 Å². The molecular formula is C14H16N4O3. The third kappa shape index (κ3) is 3.55. The van der Waals surface area contributed by atoms with Crippen LogP contribution < -0.4 is 0 Å². The summed E-state index contributed by atoms with van der Waals surface area (Å²) in [5.74, 6) is -1.51. The fourth-order valence-electron chi connectivity index (χ4n) is 2.28. The van der Waals surface area contributed by atoms with Gasteiger partial charge in [-0.2, -0.15) is 5.26 Å². The predicted octanol–water partition coefficient (Wildman–Crippen LogP) is 0.451. The summed E-state index contributed by atoms with van der Waals surface area (Å²) in [5.41, 5.74) is -0.0927. The number of hydrogen-bond acceptors (Lipinski definition) is 5. The number of carboxylic acid groups (broad SMARTS) is 1. The van der Waals surface area contributed by atoms with Gasteiger partial charge in [0.05, 0.1) is 11.6 Å². The van der Waals surface area contributed by atoms with Crippen molar-refractivity contribution in [3.63, 3.8) is 0 Å². The zero-order valence-corrected chi connectivity index (χ0v) is 11.5. The van der Waals surface area contributed by atoms with E-state index in [1.807, 2.05) is 0 Å². The molecule has 1 N–H and O–H groups in total. The van der Waals surface area contributed by atoms with Gasteiger partial charge in [0, 0.05) is 45.3 Å². The first-order chi connectivity index (χ1) is 10.1. The van der Waals surface area contributed by atoms with E-state index in [9.17, 15) is 9.59 Å². The second kappa shape index (κ2) is 6.81. The summed E-state index contributed by atoms with van der Waals surface area (Å²) in [6.45, 7) is 3.09. The van der Waals surface area contributed by atoms with E-state index in [0.29, 0.717) is 39.1 Å². The molecule has 0 aliphatic carbocycles. The molecule has 1 fully saturated rings. The first-order valence-corrected chi connectivity index (χ1v) is 6.70. The van der Waals surface area contributed by atoms with Crippen molar-refractivity contribution >= 4 is 11.9 Å². The number of aromatic carboxylic acids is 1. The molecular weight excluding hydrogens is 272 g/mol. The van der Waals surface area contributed by atoms with Crippen LogP contribution in [0.4, 0.5) is 0 Å². The Morgan fingerprint density at radius 2 is 2.05 bits per heavy atom. The first kappa shape index (κ1) is 14.9. The normalized spacial score (nSPS) is 15.5. The Morgan fingerprint density at radius 3 is 2.67 bits per heavy atom. The fraction of sp³-hybridized carbons (Fsp3) is 0.429. The van der Waals surface area contributed by atoms with Gasteiger partial charge in [-0.15, -0.1) is 0 Å². The molecule has 0 aromatic carbocycles. The van der Waals surface area contributed by atoms with Crippen molar-refractivity contribution in [1.82, 2.24) is 14.8 Å². The van der Waals surface area contributed by atoms with E-state index >= 15 is 0 Å². The van der Waals surface area contributed by atoms with E-state index in [1.54, 1.807) is 4.90 Å². The van der Waals surface area contributed by atoms with Crippen molar-refractivity contribution in [3.05, 3.63) is 29.6 Å². The maximum absolute atomic E-state index is 12.4. The average Bonchev–Trinajstić information content (AvgIpc) is 2.52. The summed E-state index contributed by atoms with van der Waals surface area (Å²) in [6.07, 6.45) is 1.89. The molecule has 2 heterocycles. The molecule has 1 amide bonds. The molecule has 0 atom stereocenters. The second-order valence-corrected chi connectivity index (χ2v) is 4.75. The van der Waals surface area contributed by atoms with Crippen LogP contribution in [0.2, 0.25) is 0 Å². The summed E-state index contributed by atoms with van der Waals surface area (Å²) in [4.78, 5) is 31.1. The van der Waals surface area contributed by atoms with E-state index in [2.05, 4.69) is 16.0 Å². The number of pyridine rings is 1. The van der Waals surface area contributed by atoms with E-state index < -0.39 is 5.97 Å². The van der Waals surface area contributed by atoms with Crippen LogP contribution in [0, 0.1) is 11.3 Å². The SMILES string of the molecule is N#CCCN1CCN(C(=O)c2ncccc2C(=O)O)CC1. The van der Waals surface area contributed by atoms with Gasteiger partial charge in [-0.25, -0.2) is 4.79 Å². The maximum Gasteiger partial charge on any atom is 0.338 e. The molecule has 1 aromatic rings. The summed E-state index contributed by atoms with van der Waals surface area (Å²) in [5, 5.41) is 17.7. The molecule has 0 radical (unpaired) electrons. The van der Waals surface area contributed by atoms with Crippen molar-refractivity contribution in [3.8, 4) is 6.07 Å². The predicted molar refractivity (Wildman–Crippen MR) is 73.8 cm³/mol. The number of carbonyl (C=O) groups is 2. The lowest BCUT2D eigenvalue weighted by Gasteiger charge is -2.34. The monoisotopic (exact) mass is 288 g/mol. The quantitative estimate of drug-likeness (QED) is 0.864. The lowest BCUT2D eigenvalue weighted by atomic mass is 10.1. The van der Waals surface area contributed by atoms with E-state index in [4.69, 9.17) is 10.4 Å². The Balaban J connectivity index is 2.03. The molecule has 0 saturated carbocycles. The van der Waals surface area contributed by atoms with Gasteiger partial charge in [0.15, 0.2) is 0 Å². The molecule has 1 saturated heterocycles. The number of hydrogen-bond donors (Lipinski definition) is 1. The number of nitrogens with zero attached hydrogens (tertiary/aromatic N) is 4. The van der Waals surface area contributed by atoms with Gasteiger partial charge in [-0.3, -0.25) is 14.7 Å². The topological polar surface area (TPSA) is 97.5 Å². The maximum atomic E-state index is 12.4. The van der Waals surface area contributed by atoms with Gasteiger partial charge in [-0.1, -0.05) is 0 Å². The average molecular weight is 288 g/mol. The van der Waals surface area contributed by atoms with Crippen LogP contribution in [0.3, 0.4) is 0 Å². The van der Waals surface area contributed by atoms with Gasteiger partial charge >= 0.3 is 5.97 Å². The lowest BCUT2D eigenvalue weighted by Crippen LogP contribution is -2.49. The third-order valence-corrected chi connectivity index (χ3v) is 3.44. The molecule has 1 aromatic heterocycles. The Bertz CT molecular complexity index is 574. The molecule has 0 spiro atoms. The molecule has 1 aliphatic heterocycles. The van der Waals surface area contributed by atoms with Crippen LogP contribution in [-0.4, -0.2) is 64.5 Å². The number of carbonyl (C=O) groups excluding carboxylic acids is 1. The van der Waals surface area contributed by atoms with Crippen LogP contribution in [0.15, 0.2) is 18.3 Å². The van der Waals surface area contributed by atoms with E-state index in [0.717, 1.165) is 0 Å². The smallest absolute Gasteiger partial charge is 0.338 e. The lowest BCUT2D eigenvalue weighted by molar-refractivity contribution is 0.0612. The fourth-order valence-corrected chi connectivity index (χ4v) is 2.28. The summed E-state index contributed by atoms with van der Waals surface area (Å²) >= 11 is 0. The van der Waals surface area contributed by atoms with Crippen LogP contribution in [0.5, 0.6) is 0 Å². The highest BCUT2D eigenvalue weighted by Gasteiger charge is 2.26. The Kier molecular flexibility index (Phi) is 4.85. The number of nitriles is 1. The van der Waals surface area contributed by atoms with Gasteiger partial charge in [0.25, 0.3) is 5.91 Å². The highest BCUT2D eigenvalue weighted by molar-refractivity contribution is 6.03. The minimum Gasteiger partial charge on any atom is -0.478 e. The van der Waals surface area contributed by atoms with Crippen molar-refractivity contribution in [2.75, 3.05) is 32.7 Å². The number of piperazine rings is 1. The van der Waals surface area contributed by atoms with Crippen LogP contribution in [0.25, 0.3) is 0 Å². The van der Waals surface area contributed by atoms with Gasteiger partial charge in [0.2, 0.25) is 0 Å². The molecule has 110 valence electrons. The summed E-state index contributed by atoms with van der Waals surface area (Å²) < 4.78 is 0. The number of rotatable bonds is 4. The Morgan fingerprint density at radius 1 is 1.33 bits per heavy atom. The Labute approximate surface area is 122 Å².